The molecule has 0 spiro atoms. The van der Waals surface area contributed by atoms with Gasteiger partial charge in [-0.3, -0.25) is 19.3 Å². The van der Waals surface area contributed by atoms with Crippen LogP contribution in [0.25, 0.3) is 6.08 Å². The number of imide groups is 1. The van der Waals surface area contributed by atoms with Crippen LogP contribution in [0.1, 0.15) is 22.3 Å². The number of hydrogen-bond donors (Lipinski definition) is 1. The van der Waals surface area contributed by atoms with Crippen molar-refractivity contribution in [3.63, 3.8) is 0 Å². The summed E-state index contributed by atoms with van der Waals surface area (Å²) < 4.78 is 16.3. The third-order valence-electron chi connectivity index (χ3n) is 6.15. The molecule has 0 aromatic heterocycles. The molecule has 1 saturated heterocycles. The lowest BCUT2D eigenvalue weighted by Crippen LogP contribution is -2.27. The van der Waals surface area contributed by atoms with E-state index in [1.54, 1.807) is 42.5 Å². The highest BCUT2D eigenvalue weighted by Gasteiger charge is 2.35. The van der Waals surface area contributed by atoms with E-state index in [0.717, 1.165) is 33.5 Å². The third kappa shape index (κ3) is 5.49. The highest BCUT2D eigenvalue weighted by atomic mass is 35.5. The van der Waals surface area contributed by atoms with Crippen LogP contribution >= 0.6 is 23.4 Å². The lowest BCUT2D eigenvalue weighted by atomic mass is 10.1. The van der Waals surface area contributed by atoms with Crippen molar-refractivity contribution in [2.45, 2.75) is 20.4 Å². The second kappa shape index (κ2) is 10.8. The van der Waals surface area contributed by atoms with Crippen molar-refractivity contribution < 1.29 is 28.6 Å². The highest BCUT2D eigenvalue weighted by Crippen LogP contribution is 2.39. The molecule has 38 heavy (non-hydrogen) atoms. The van der Waals surface area contributed by atoms with E-state index in [4.69, 9.17) is 25.8 Å². The lowest BCUT2D eigenvalue weighted by Gasteiger charge is -2.14. The number of carbonyl (C=O) groups excluding carboxylic acids is 3. The Labute approximate surface area is 228 Å². The molecule has 0 bridgehead atoms. The maximum absolute atomic E-state index is 13.0. The molecular weight excluding hydrogens is 528 g/mol. The minimum atomic E-state index is -0.423. The summed E-state index contributed by atoms with van der Waals surface area (Å²) in [5.74, 6) is 0.797. The van der Waals surface area contributed by atoms with E-state index in [0.29, 0.717) is 33.4 Å². The average molecular weight is 551 g/mol. The quantitative estimate of drug-likeness (QED) is 0.364. The van der Waals surface area contributed by atoms with Crippen LogP contribution in [-0.2, 0) is 16.1 Å². The third-order valence-corrected chi connectivity index (χ3v) is 7.41. The minimum absolute atomic E-state index is 0.0101. The van der Waals surface area contributed by atoms with E-state index in [1.807, 2.05) is 32.0 Å². The van der Waals surface area contributed by atoms with E-state index in [-0.39, 0.29) is 30.8 Å². The number of ether oxygens (including phenoxy) is 3. The van der Waals surface area contributed by atoms with Crippen molar-refractivity contribution in [1.29, 1.82) is 0 Å². The van der Waals surface area contributed by atoms with E-state index >= 15 is 0 Å². The van der Waals surface area contributed by atoms with Gasteiger partial charge in [0.15, 0.2) is 18.1 Å². The van der Waals surface area contributed by atoms with Crippen LogP contribution in [0.4, 0.5) is 10.5 Å². The van der Waals surface area contributed by atoms with Gasteiger partial charge in [-0.05, 0) is 78.2 Å². The number of aryl methyl sites for hydroxylation is 1. The van der Waals surface area contributed by atoms with Gasteiger partial charge in [0, 0.05) is 16.8 Å². The number of nitrogens with one attached hydrogen (secondary N) is 1. The molecule has 10 heteroatoms. The fourth-order valence-electron chi connectivity index (χ4n) is 3.95. The molecule has 0 radical (unpaired) electrons. The van der Waals surface area contributed by atoms with Crippen LogP contribution in [0.5, 0.6) is 17.2 Å². The average Bonchev–Trinajstić information content (AvgIpc) is 3.45. The van der Waals surface area contributed by atoms with Crippen LogP contribution in [0, 0.1) is 13.8 Å². The number of anilines is 1. The molecule has 3 aromatic carbocycles. The molecule has 0 saturated carbocycles. The molecule has 1 fully saturated rings. The Balaban J connectivity index is 1.24. The fourth-order valence-corrected chi connectivity index (χ4v) is 5.01. The van der Waals surface area contributed by atoms with Crippen LogP contribution in [0.15, 0.2) is 59.5 Å². The van der Waals surface area contributed by atoms with Gasteiger partial charge >= 0.3 is 0 Å². The summed E-state index contributed by atoms with van der Waals surface area (Å²) in [7, 11) is 0. The largest absolute Gasteiger partial charge is 0.484 e. The summed E-state index contributed by atoms with van der Waals surface area (Å²) in [4.78, 5) is 39.5. The normalized spacial score (nSPS) is 15.3. The Morgan fingerprint density at radius 3 is 2.68 bits per heavy atom. The predicted octanol–water partition coefficient (Wildman–Crippen LogP) is 5.94. The second-order valence-corrected chi connectivity index (χ2v) is 10.1. The number of halogens is 1. The van der Waals surface area contributed by atoms with Crippen LogP contribution < -0.4 is 19.5 Å². The Hall–Kier alpha value is -3.95. The number of thioether (sulfide) groups is 1. The molecule has 8 nitrogen and oxygen atoms in total. The molecule has 1 N–H and O–H groups in total. The van der Waals surface area contributed by atoms with Crippen molar-refractivity contribution in [3.8, 4) is 17.2 Å². The molecule has 2 aliphatic heterocycles. The topological polar surface area (TPSA) is 94.2 Å². The zero-order chi connectivity index (χ0) is 26.8. The number of hydrogen-bond acceptors (Lipinski definition) is 7. The number of rotatable bonds is 7. The first kappa shape index (κ1) is 25.7. The van der Waals surface area contributed by atoms with Crippen LogP contribution in [0.2, 0.25) is 5.02 Å². The van der Waals surface area contributed by atoms with Gasteiger partial charge in [-0.1, -0.05) is 35.9 Å². The number of carbonyl (C=O) groups is 3. The Morgan fingerprint density at radius 1 is 1.11 bits per heavy atom. The molecule has 3 aromatic rings. The van der Waals surface area contributed by atoms with E-state index < -0.39 is 11.1 Å². The monoisotopic (exact) mass is 550 g/mol. The van der Waals surface area contributed by atoms with Crippen molar-refractivity contribution in [3.05, 3.63) is 86.8 Å². The SMILES string of the molecule is Cc1cccc(NC(=O)COc2cccc(/C=C3\SC(=O)N(Cc4cc5c(cc4Cl)OCO5)C3=O)c2)c1C. The van der Waals surface area contributed by atoms with Crippen molar-refractivity contribution in [2.24, 2.45) is 0 Å². The summed E-state index contributed by atoms with van der Waals surface area (Å²) in [6.45, 7) is 3.86. The highest BCUT2D eigenvalue weighted by molar-refractivity contribution is 8.18. The van der Waals surface area contributed by atoms with Gasteiger partial charge < -0.3 is 19.5 Å². The predicted molar refractivity (Wildman–Crippen MR) is 146 cm³/mol. The van der Waals surface area contributed by atoms with E-state index in [2.05, 4.69) is 5.32 Å². The molecule has 0 unspecified atom stereocenters. The molecule has 194 valence electrons. The van der Waals surface area contributed by atoms with Gasteiger partial charge in [0.2, 0.25) is 6.79 Å². The zero-order valence-electron chi connectivity index (χ0n) is 20.6. The maximum atomic E-state index is 13.0. The summed E-state index contributed by atoms with van der Waals surface area (Å²) in [6, 6.07) is 15.9. The van der Waals surface area contributed by atoms with Gasteiger partial charge in [0.1, 0.15) is 5.75 Å². The number of fused-ring (bicyclic) bond motifs is 1. The molecule has 2 aliphatic rings. The van der Waals surface area contributed by atoms with Crippen LogP contribution in [0.3, 0.4) is 0 Å². The summed E-state index contributed by atoms with van der Waals surface area (Å²) in [5.41, 5.74) is 4.06. The first-order valence-corrected chi connectivity index (χ1v) is 12.9. The zero-order valence-corrected chi connectivity index (χ0v) is 22.2. The number of nitrogens with zero attached hydrogens (tertiary/aromatic N) is 1. The molecular formula is C28H23ClN2O6S. The first-order chi connectivity index (χ1) is 18.3. The summed E-state index contributed by atoms with van der Waals surface area (Å²) in [6.07, 6.45) is 1.62. The van der Waals surface area contributed by atoms with E-state index in [1.165, 1.54) is 0 Å². The van der Waals surface area contributed by atoms with Crippen molar-refractivity contribution in [1.82, 2.24) is 4.90 Å². The lowest BCUT2D eigenvalue weighted by molar-refractivity contribution is -0.123. The number of amides is 3. The Morgan fingerprint density at radius 2 is 1.87 bits per heavy atom. The summed E-state index contributed by atoms with van der Waals surface area (Å²) >= 11 is 7.18. The first-order valence-electron chi connectivity index (χ1n) is 11.7. The van der Waals surface area contributed by atoms with Crippen molar-refractivity contribution >= 4 is 52.2 Å². The Bertz CT molecular complexity index is 1490. The van der Waals surface area contributed by atoms with Gasteiger partial charge in [-0.25, -0.2) is 0 Å². The molecule has 0 atom stereocenters. The van der Waals surface area contributed by atoms with Crippen molar-refractivity contribution in [2.75, 3.05) is 18.7 Å². The standard InChI is InChI=1S/C28H23ClN2O6S/c1-16-5-3-8-22(17(16)2)30-26(32)14-35-20-7-4-6-18(9-20)10-25-27(33)31(28(34)38-25)13-19-11-23-24(12-21(19)29)37-15-36-23/h3-12H,13-15H2,1-2H3,(H,30,32)/b25-10-. The number of benzene rings is 3. The van der Waals surface area contributed by atoms with E-state index in [9.17, 15) is 14.4 Å². The smallest absolute Gasteiger partial charge is 0.293 e. The van der Waals surface area contributed by atoms with Crippen LogP contribution in [-0.4, -0.2) is 35.4 Å². The molecule has 3 amide bonds. The molecule has 0 aliphatic carbocycles. The van der Waals surface area contributed by atoms with Gasteiger partial charge in [-0.15, -0.1) is 0 Å². The van der Waals surface area contributed by atoms with Gasteiger partial charge in [-0.2, -0.15) is 0 Å². The maximum Gasteiger partial charge on any atom is 0.293 e. The molecule has 2 heterocycles. The fraction of sp³-hybridized carbons (Fsp3) is 0.179. The molecule has 5 rings (SSSR count). The minimum Gasteiger partial charge on any atom is -0.484 e. The van der Waals surface area contributed by atoms with Gasteiger partial charge in [0.05, 0.1) is 11.4 Å². The summed E-state index contributed by atoms with van der Waals surface area (Å²) in [5, 5.41) is 2.84. The Kier molecular flexibility index (Phi) is 7.31. The second-order valence-electron chi connectivity index (χ2n) is 8.72. The van der Waals surface area contributed by atoms with Gasteiger partial charge in [0.25, 0.3) is 17.1 Å².